The van der Waals surface area contributed by atoms with Gasteiger partial charge < -0.3 is 10.1 Å². The molecule has 7 heteroatoms. The molecule has 0 bridgehead atoms. The maximum atomic E-state index is 12.2. The number of para-hydroxylation sites is 1. The van der Waals surface area contributed by atoms with Gasteiger partial charge in [-0.3, -0.25) is 19.3 Å². The smallest absolute Gasteiger partial charge is 0.289 e. The first-order valence-corrected chi connectivity index (χ1v) is 10.5. The fourth-order valence-electron chi connectivity index (χ4n) is 2.99. The maximum Gasteiger partial charge on any atom is 0.289 e. The minimum atomic E-state index is -0.252. The van der Waals surface area contributed by atoms with Crippen molar-refractivity contribution in [3.05, 3.63) is 59.7 Å². The average Bonchev–Trinajstić information content (AvgIpc) is 3.05. The lowest BCUT2D eigenvalue weighted by atomic mass is 9.98. The fraction of sp³-hybridized carbons (Fsp3) is 0.318. The average molecular weight is 413 g/mol. The number of nitrogens with zero attached hydrogens (tertiary/aromatic N) is 1. The minimum absolute atomic E-state index is 0.0802. The van der Waals surface area contributed by atoms with Crippen LogP contribution in [0.5, 0.6) is 5.75 Å². The first-order valence-electron chi connectivity index (χ1n) is 9.55. The van der Waals surface area contributed by atoms with E-state index in [1.165, 1.54) is 4.90 Å². The van der Waals surface area contributed by atoms with Crippen molar-refractivity contribution in [1.29, 1.82) is 0 Å². The Morgan fingerprint density at radius 1 is 1.17 bits per heavy atom. The molecule has 1 N–H and O–H groups in total. The van der Waals surface area contributed by atoms with Gasteiger partial charge in [0, 0.05) is 5.69 Å². The monoisotopic (exact) mass is 412 g/mol. The second-order valence-corrected chi connectivity index (χ2v) is 7.84. The number of thioether (sulfide) groups is 1. The molecule has 1 saturated heterocycles. The molecule has 29 heavy (non-hydrogen) atoms. The summed E-state index contributed by atoms with van der Waals surface area (Å²) in [4.78, 5) is 36.8. The molecular formula is C22H24N2O4S. The second kappa shape index (κ2) is 9.60. The molecular weight excluding hydrogens is 388 g/mol. The van der Waals surface area contributed by atoms with Gasteiger partial charge in [-0.15, -0.1) is 0 Å². The summed E-state index contributed by atoms with van der Waals surface area (Å²) in [6.07, 6.45) is 0.992. The molecule has 1 aliphatic rings. The van der Waals surface area contributed by atoms with Crippen molar-refractivity contribution >= 4 is 34.5 Å². The van der Waals surface area contributed by atoms with E-state index in [4.69, 9.17) is 4.74 Å². The van der Waals surface area contributed by atoms with Gasteiger partial charge in [-0.2, -0.15) is 0 Å². The van der Waals surface area contributed by atoms with E-state index in [1.54, 1.807) is 24.3 Å². The van der Waals surface area contributed by atoms with Gasteiger partial charge in [0.2, 0.25) is 5.91 Å². The second-order valence-electron chi connectivity index (χ2n) is 6.92. The summed E-state index contributed by atoms with van der Waals surface area (Å²) in [6, 6.07) is 14.8. The molecule has 152 valence electrons. The Hall–Kier alpha value is -2.80. The van der Waals surface area contributed by atoms with Crippen molar-refractivity contribution < 1.29 is 19.1 Å². The number of carbonyl (C=O) groups is 3. The minimum Gasteiger partial charge on any atom is -0.483 e. The van der Waals surface area contributed by atoms with Crippen LogP contribution in [0.25, 0.3) is 0 Å². The van der Waals surface area contributed by atoms with Crippen LogP contribution in [0.3, 0.4) is 0 Å². The van der Waals surface area contributed by atoms with E-state index in [0.29, 0.717) is 11.6 Å². The summed E-state index contributed by atoms with van der Waals surface area (Å²) in [5.41, 5.74) is 2.55. The number of anilines is 1. The Labute approximate surface area is 174 Å². The molecule has 0 saturated carbocycles. The lowest BCUT2D eigenvalue weighted by Gasteiger charge is -2.15. The Bertz CT molecular complexity index is 882. The number of ether oxygens (including phenoxy) is 1. The largest absolute Gasteiger partial charge is 0.483 e. The molecule has 1 aliphatic heterocycles. The number of hydrogen-bond acceptors (Lipinski definition) is 5. The van der Waals surface area contributed by atoms with Crippen LogP contribution in [0.1, 0.15) is 37.3 Å². The van der Waals surface area contributed by atoms with Gasteiger partial charge in [0.1, 0.15) is 5.75 Å². The summed E-state index contributed by atoms with van der Waals surface area (Å²) in [5.74, 6) is 0.859. The van der Waals surface area contributed by atoms with Crippen molar-refractivity contribution in [2.24, 2.45) is 0 Å². The predicted molar refractivity (Wildman–Crippen MR) is 114 cm³/mol. The third-order valence-corrected chi connectivity index (χ3v) is 5.70. The molecule has 3 amide bonds. The zero-order valence-corrected chi connectivity index (χ0v) is 17.3. The summed E-state index contributed by atoms with van der Waals surface area (Å²) >= 11 is 1.02. The zero-order chi connectivity index (χ0) is 20.8. The highest BCUT2D eigenvalue weighted by molar-refractivity contribution is 8.14. The number of amides is 3. The highest BCUT2D eigenvalue weighted by atomic mass is 32.2. The van der Waals surface area contributed by atoms with Gasteiger partial charge >= 0.3 is 0 Å². The number of imide groups is 1. The molecule has 0 radical (unpaired) electrons. The van der Waals surface area contributed by atoms with Gasteiger partial charge in [0.15, 0.2) is 6.61 Å². The van der Waals surface area contributed by atoms with Crippen molar-refractivity contribution in [3.8, 4) is 5.75 Å². The standard InChI is InChI=1S/C22H24N2O4S/c1-3-15(2)18-6-4-5-7-19(18)28-13-20(25)23-17-10-8-16(9-11-17)12-24-21(26)14-29-22(24)27/h4-11,15H,3,12-14H2,1-2H3,(H,23,25). The van der Waals surface area contributed by atoms with Gasteiger partial charge in [0.25, 0.3) is 11.1 Å². The van der Waals surface area contributed by atoms with E-state index in [9.17, 15) is 14.4 Å². The predicted octanol–water partition coefficient (Wildman–Crippen LogP) is 4.41. The van der Waals surface area contributed by atoms with Crippen molar-refractivity contribution in [2.75, 3.05) is 17.7 Å². The summed E-state index contributed by atoms with van der Waals surface area (Å²) < 4.78 is 5.73. The Kier molecular flexibility index (Phi) is 6.93. The molecule has 0 aromatic heterocycles. The third-order valence-electron chi connectivity index (χ3n) is 4.84. The number of hydrogen-bond donors (Lipinski definition) is 1. The van der Waals surface area contributed by atoms with Crippen molar-refractivity contribution in [3.63, 3.8) is 0 Å². The third kappa shape index (κ3) is 5.38. The summed E-state index contributed by atoms with van der Waals surface area (Å²) in [5, 5.41) is 2.58. The van der Waals surface area contributed by atoms with E-state index >= 15 is 0 Å². The van der Waals surface area contributed by atoms with Crippen molar-refractivity contribution in [2.45, 2.75) is 32.7 Å². The highest BCUT2D eigenvalue weighted by Gasteiger charge is 2.29. The van der Waals surface area contributed by atoms with Crippen molar-refractivity contribution in [1.82, 2.24) is 4.90 Å². The molecule has 1 heterocycles. The molecule has 0 spiro atoms. The maximum absolute atomic E-state index is 12.2. The van der Waals surface area contributed by atoms with Gasteiger partial charge in [-0.05, 0) is 41.7 Å². The molecule has 2 aromatic carbocycles. The van der Waals surface area contributed by atoms with Gasteiger partial charge in [-0.25, -0.2) is 0 Å². The zero-order valence-electron chi connectivity index (χ0n) is 16.5. The van der Waals surface area contributed by atoms with Crippen LogP contribution >= 0.6 is 11.8 Å². The normalized spacial score (nSPS) is 14.8. The lowest BCUT2D eigenvalue weighted by molar-refractivity contribution is -0.125. The Morgan fingerprint density at radius 2 is 1.90 bits per heavy atom. The van der Waals surface area contributed by atoms with Crippen LogP contribution in [0.2, 0.25) is 0 Å². The highest BCUT2D eigenvalue weighted by Crippen LogP contribution is 2.28. The quantitative estimate of drug-likeness (QED) is 0.695. The SMILES string of the molecule is CCC(C)c1ccccc1OCC(=O)Nc1ccc(CN2C(=O)CSC2=O)cc1. The summed E-state index contributed by atoms with van der Waals surface area (Å²) in [6.45, 7) is 4.41. The fourth-order valence-corrected chi connectivity index (χ4v) is 3.71. The van der Waals surface area contributed by atoms with E-state index in [2.05, 4.69) is 19.2 Å². The van der Waals surface area contributed by atoms with Crippen LogP contribution in [0.15, 0.2) is 48.5 Å². The van der Waals surface area contributed by atoms with Crippen LogP contribution < -0.4 is 10.1 Å². The molecule has 2 aromatic rings. The molecule has 6 nitrogen and oxygen atoms in total. The topological polar surface area (TPSA) is 75.7 Å². The van der Waals surface area contributed by atoms with E-state index < -0.39 is 0 Å². The Morgan fingerprint density at radius 3 is 2.55 bits per heavy atom. The van der Waals surface area contributed by atoms with E-state index in [-0.39, 0.29) is 36.0 Å². The number of carbonyl (C=O) groups excluding carboxylic acids is 3. The van der Waals surface area contributed by atoms with Crippen LogP contribution in [-0.4, -0.2) is 34.3 Å². The number of nitrogens with one attached hydrogen (secondary N) is 1. The Balaban J connectivity index is 1.54. The molecule has 0 aliphatic carbocycles. The number of benzene rings is 2. The number of rotatable bonds is 8. The van der Waals surface area contributed by atoms with E-state index in [1.807, 2.05) is 24.3 Å². The first-order chi connectivity index (χ1) is 14.0. The van der Waals surface area contributed by atoms with Gasteiger partial charge in [0.05, 0.1) is 12.3 Å². The van der Waals surface area contributed by atoms with Crippen LogP contribution in [-0.2, 0) is 16.1 Å². The lowest BCUT2D eigenvalue weighted by Crippen LogP contribution is -2.27. The van der Waals surface area contributed by atoms with Gasteiger partial charge in [-0.1, -0.05) is 55.9 Å². The molecule has 1 fully saturated rings. The molecule has 1 atom stereocenters. The summed E-state index contributed by atoms with van der Waals surface area (Å²) in [7, 11) is 0. The van der Waals surface area contributed by atoms with Crippen LogP contribution in [0.4, 0.5) is 10.5 Å². The molecule has 3 rings (SSSR count). The first kappa shape index (κ1) is 20.9. The molecule has 1 unspecified atom stereocenters. The van der Waals surface area contributed by atoms with E-state index in [0.717, 1.165) is 35.1 Å². The van der Waals surface area contributed by atoms with Crippen LogP contribution in [0, 0.1) is 0 Å².